The molecule has 1 saturated carbocycles. The lowest BCUT2D eigenvalue weighted by molar-refractivity contribution is -0.141. The van der Waals surface area contributed by atoms with Crippen LogP contribution in [0.2, 0.25) is 0 Å². The van der Waals surface area contributed by atoms with Crippen LogP contribution >= 0.6 is 0 Å². The molecule has 132 valence electrons. The lowest BCUT2D eigenvalue weighted by atomic mass is 9.78. The number of oxime groups is 1. The van der Waals surface area contributed by atoms with Gasteiger partial charge in [-0.3, -0.25) is 0 Å². The quantitative estimate of drug-likeness (QED) is 0.535. The summed E-state index contributed by atoms with van der Waals surface area (Å²) >= 11 is 0. The van der Waals surface area contributed by atoms with Crippen molar-refractivity contribution in [2.24, 2.45) is 5.16 Å². The largest absolute Gasteiger partial charge is 0.370 e. The molecule has 0 heterocycles. The Morgan fingerprint density at radius 2 is 1.79 bits per heavy atom. The van der Waals surface area contributed by atoms with Gasteiger partial charge in [-0.2, -0.15) is 0 Å². The molecular weight excluding hydrogens is 302 g/mol. The molecule has 0 radical (unpaired) electrons. The first-order chi connectivity index (χ1) is 11.6. The number of benzene rings is 1. The first kappa shape index (κ1) is 18.7. The average Bonchev–Trinajstić information content (AvgIpc) is 2.60. The van der Waals surface area contributed by atoms with Gasteiger partial charge in [0.15, 0.2) is 0 Å². The van der Waals surface area contributed by atoms with E-state index in [1.165, 1.54) is 18.1 Å². The summed E-state index contributed by atoms with van der Waals surface area (Å²) in [5.74, 6) is -0.368. The Bertz CT molecular complexity index is 553. The molecule has 2 rings (SSSR count). The predicted molar refractivity (Wildman–Crippen MR) is 96.0 cm³/mol. The third kappa shape index (κ3) is 4.91. The Balaban J connectivity index is 2.13. The maximum absolute atomic E-state index is 10.9. The number of aryl methyl sites for hydroxylation is 1. The zero-order valence-electron chi connectivity index (χ0n) is 15.1. The third-order valence-electron chi connectivity index (χ3n) is 4.54. The third-order valence-corrected chi connectivity index (χ3v) is 4.54. The number of carbonyl (C=O) groups is 1. The fourth-order valence-electron chi connectivity index (χ4n) is 3.24. The van der Waals surface area contributed by atoms with Crippen LogP contribution in [-0.4, -0.2) is 18.3 Å². The first-order valence-corrected chi connectivity index (χ1v) is 9.06. The predicted octanol–water partition coefficient (Wildman–Crippen LogP) is 4.75. The van der Waals surface area contributed by atoms with Crippen LogP contribution in [0.3, 0.4) is 0 Å². The van der Waals surface area contributed by atoms with Crippen LogP contribution in [0.5, 0.6) is 0 Å². The molecule has 0 aliphatic heterocycles. The Morgan fingerprint density at radius 1 is 1.12 bits per heavy atom. The zero-order chi connectivity index (χ0) is 17.4. The summed E-state index contributed by atoms with van der Waals surface area (Å²) < 4.78 is 6.32. The number of hydrogen-bond donors (Lipinski definition) is 0. The van der Waals surface area contributed by atoms with Crippen LogP contribution in [0.1, 0.15) is 70.4 Å². The molecule has 0 atom stereocenters. The van der Waals surface area contributed by atoms with Gasteiger partial charge in [0.2, 0.25) is 0 Å². The van der Waals surface area contributed by atoms with Gasteiger partial charge in [-0.1, -0.05) is 49.7 Å². The molecule has 1 aliphatic rings. The molecule has 0 aromatic heterocycles. The van der Waals surface area contributed by atoms with Crippen molar-refractivity contribution in [1.29, 1.82) is 0 Å². The van der Waals surface area contributed by atoms with Crippen LogP contribution in [0.15, 0.2) is 29.4 Å². The van der Waals surface area contributed by atoms with Crippen molar-refractivity contribution in [3.05, 3.63) is 35.4 Å². The Morgan fingerprint density at radius 3 is 2.33 bits per heavy atom. The molecule has 1 aliphatic carbocycles. The summed E-state index contributed by atoms with van der Waals surface area (Å²) in [6.45, 7) is 6.46. The minimum absolute atomic E-state index is 0.240. The molecule has 4 nitrogen and oxygen atoms in total. The molecule has 0 amide bonds. The van der Waals surface area contributed by atoms with Crippen molar-refractivity contribution in [1.82, 2.24) is 0 Å². The molecule has 0 spiro atoms. The summed E-state index contributed by atoms with van der Waals surface area (Å²) in [6, 6.07) is 8.88. The molecular formula is C20H29NO3. The topological polar surface area (TPSA) is 47.9 Å². The molecule has 1 aromatic rings. The van der Waals surface area contributed by atoms with Gasteiger partial charge in [0.05, 0.1) is 11.3 Å². The van der Waals surface area contributed by atoms with E-state index in [0.717, 1.165) is 57.3 Å². The van der Waals surface area contributed by atoms with Crippen molar-refractivity contribution in [2.75, 3.05) is 6.61 Å². The van der Waals surface area contributed by atoms with E-state index in [1.54, 1.807) is 0 Å². The Hall–Kier alpha value is -1.68. The standard InChI is InChI=1S/C20H29NO3/c1-4-6-17-7-9-18(10-8-17)20(23-15-5-2)13-11-19(12-14-20)21-24-16(3)22/h7-10H,4-6,11-15H2,1-3H3. The van der Waals surface area contributed by atoms with Crippen LogP contribution in [0.4, 0.5) is 0 Å². The minimum atomic E-state index is -0.368. The van der Waals surface area contributed by atoms with Gasteiger partial charge >= 0.3 is 5.97 Å². The van der Waals surface area contributed by atoms with Gasteiger partial charge in [-0.15, -0.1) is 0 Å². The van der Waals surface area contributed by atoms with Crippen LogP contribution < -0.4 is 0 Å². The van der Waals surface area contributed by atoms with E-state index < -0.39 is 0 Å². The fourth-order valence-corrected chi connectivity index (χ4v) is 3.24. The highest BCUT2D eigenvalue weighted by molar-refractivity contribution is 5.85. The van der Waals surface area contributed by atoms with E-state index in [4.69, 9.17) is 9.57 Å². The van der Waals surface area contributed by atoms with Crippen molar-refractivity contribution in [3.63, 3.8) is 0 Å². The van der Waals surface area contributed by atoms with Gasteiger partial charge in [-0.05, 0) is 49.7 Å². The average molecular weight is 331 g/mol. The maximum Gasteiger partial charge on any atom is 0.331 e. The van der Waals surface area contributed by atoms with E-state index in [9.17, 15) is 4.79 Å². The van der Waals surface area contributed by atoms with Gasteiger partial charge in [0, 0.05) is 13.5 Å². The van der Waals surface area contributed by atoms with Crippen molar-refractivity contribution in [3.8, 4) is 0 Å². The smallest absolute Gasteiger partial charge is 0.331 e. The van der Waals surface area contributed by atoms with E-state index >= 15 is 0 Å². The van der Waals surface area contributed by atoms with Crippen LogP contribution in [0.25, 0.3) is 0 Å². The van der Waals surface area contributed by atoms with E-state index in [2.05, 4.69) is 43.3 Å². The van der Waals surface area contributed by atoms with E-state index in [-0.39, 0.29) is 11.6 Å². The highest BCUT2D eigenvalue weighted by atomic mass is 16.7. The molecule has 0 N–H and O–H groups in total. The first-order valence-electron chi connectivity index (χ1n) is 9.06. The van der Waals surface area contributed by atoms with Gasteiger partial charge in [-0.25, -0.2) is 4.79 Å². The second kappa shape index (κ2) is 8.97. The van der Waals surface area contributed by atoms with Crippen LogP contribution in [0, 0.1) is 0 Å². The number of nitrogens with zero attached hydrogens (tertiary/aromatic N) is 1. The molecule has 1 fully saturated rings. The van der Waals surface area contributed by atoms with Gasteiger partial charge in [0.1, 0.15) is 0 Å². The molecule has 0 saturated heterocycles. The summed E-state index contributed by atoms with van der Waals surface area (Å²) in [5, 5.41) is 3.97. The van der Waals surface area contributed by atoms with E-state index in [1.807, 2.05) is 0 Å². The zero-order valence-corrected chi connectivity index (χ0v) is 15.1. The van der Waals surface area contributed by atoms with Crippen LogP contribution in [-0.2, 0) is 26.4 Å². The summed E-state index contributed by atoms with van der Waals surface area (Å²) in [7, 11) is 0. The summed E-state index contributed by atoms with van der Waals surface area (Å²) in [6.07, 6.45) is 6.63. The number of carbonyl (C=O) groups excluding carboxylic acids is 1. The lowest BCUT2D eigenvalue weighted by Crippen LogP contribution is -2.35. The molecule has 0 unspecified atom stereocenters. The summed E-state index contributed by atoms with van der Waals surface area (Å²) in [5.41, 5.74) is 3.33. The number of rotatable bonds is 7. The summed E-state index contributed by atoms with van der Waals surface area (Å²) in [4.78, 5) is 15.7. The second-order valence-corrected chi connectivity index (χ2v) is 6.53. The van der Waals surface area contributed by atoms with Crippen molar-refractivity contribution >= 4 is 11.7 Å². The molecule has 24 heavy (non-hydrogen) atoms. The number of hydrogen-bond acceptors (Lipinski definition) is 4. The van der Waals surface area contributed by atoms with Crippen molar-refractivity contribution < 1.29 is 14.4 Å². The highest BCUT2D eigenvalue weighted by Gasteiger charge is 2.36. The van der Waals surface area contributed by atoms with Gasteiger partial charge < -0.3 is 9.57 Å². The Labute approximate surface area is 145 Å². The molecule has 4 heteroatoms. The van der Waals surface area contributed by atoms with Gasteiger partial charge in [0.25, 0.3) is 0 Å². The minimum Gasteiger partial charge on any atom is -0.370 e. The van der Waals surface area contributed by atoms with E-state index in [0.29, 0.717) is 0 Å². The fraction of sp³-hybridized carbons (Fsp3) is 0.600. The monoisotopic (exact) mass is 331 g/mol. The second-order valence-electron chi connectivity index (χ2n) is 6.53. The molecule has 1 aromatic carbocycles. The molecule has 0 bridgehead atoms. The van der Waals surface area contributed by atoms with Crippen molar-refractivity contribution in [2.45, 2.75) is 71.3 Å². The maximum atomic E-state index is 10.9. The normalized spacial score (nSPS) is 20.7. The highest BCUT2D eigenvalue weighted by Crippen LogP contribution is 2.40. The number of ether oxygens (including phenoxy) is 1. The SMILES string of the molecule is CCCOC1(c2ccc(CCC)cc2)CCC(=NOC(C)=O)CC1. The lowest BCUT2D eigenvalue weighted by Gasteiger charge is -2.38. The Kier molecular flexibility index (Phi) is 6.98.